The summed E-state index contributed by atoms with van der Waals surface area (Å²) in [6.45, 7) is 5.56. The van der Waals surface area contributed by atoms with Gasteiger partial charge in [0.15, 0.2) is 0 Å². The van der Waals surface area contributed by atoms with Crippen molar-refractivity contribution in [2.45, 2.75) is 26.3 Å². The first-order valence-electron chi connectivity index (χ1n) is 10.5. The van der Waals surface area contributed by atoms with Crippen molar-refractivity contribution >= 4 is 38.2 Å². The Bertz CT molecular complexity index is 964. The molecule has 1 fully saturated rings. The summed E-state index contributed by atoms with van der Waals surface area (Å²) in [5.74, 6) is 1.26. The second-order valence-corrected chi connectivity index (χ2v) is 8.99. The predicted molar refractivity (Wildman–Crippen MR) is 123 cm³/mol. The van der Waals surface area contributed by atoms with Crippen LogP contribution in [-0.2, 0) is 11.3 Å². The van der Waals surface area contributed by atoms with Gasteiger partial charge < -0.3 is 15.2 Å². The number of carbonyl (C=O) groups is 1. The van der Waals surface area contributed by atoms with Crippen molar-refractivity contribution in [3.8, 4) is 0 Å². The SMILES string of the molecule is CC(CNCc1ccccc1N(C(=O)O)c1cc2ccccc2s1)C1CCOCC1. The molecule has 1 saturated heterocycles. The van der Waals surface area contributed by atoms with Crippen LogP contribution in [0.4, 0.5) is 15.5 Å². The minimum Gasteiger partial charge on any atom is -0.464 e. The normalized spacial score (nSPS) is 15.9. The number of carboxylic acid groups (broad SMARTS) is 1. The van der Waals surface area contributed by atoms with E-state index in [0.29, 0.717) is 29.1 Å². The maximum absolute atomic E-state index is 12.2. The fraction of sp³-hybridized carbons (Fsp3) is 0.375. The van der Waals surface area contributed by atoms with Crippen LogP contribution >= 0.6 is 11.3 Å². The Balaban J connectivity index is 1.51. The third-order valence-electron chi connectivity index (χ3n) is 5.91. The van der Waals surface area contributed by atoms with Crippen molar-refractivity contribution in [1.82, 2.24) is 5.32 Å². The molecule has 30 heavy (non-hydrogen) atoms. The number of hydrogen-bond donors (Lipinski definition) is 2. The third kappa shape index (κ3) is 4.67. The molecule has 1 amide bonds. The molecule has 1 aromatic heterocycles. The van der Waals surface area contributed by atoms with Crippen molar-refractivity contribution in [2.75, 3.05) is 24.7 Å². The number of amides is 1. The average molecular weight is 425 g/mol. The molecule has 6 heteroatoms. The van der Waals surface area contributed by atoms with Crippen LogP contribution in [0.1, 0.15) is 25.3 Å². The van der Waals surface area contributed by atoms with Gasteiger partial charge in [0, 0.05) is 24.5 Å². The van der Waals surface area contributed by atoms with Gasteiger partial charge in [0.25, 0.3) is 0 Å². The van der Waals surface area contributed by atoms with Gasteiger partial charge in [0.2, 0.25) is 0 Å². The van der Waals surface area contributed by atoms with Gasteiger partial charge in [-0.1, -0.05) is 43.3 Å². The predicted octanol–water partition coefficient (Wildman–Crippen LogP) is 5.87. The van der Waals surface area contributed by atoms with Crippen LogP contribution in [0.2, 0.25) is 0 Å². The molecule has 4 rings (SSSR count). The van der Waals surface area contributed by atoms with E-state index in [2.05, 4.69) is 12.2 Å². The molecule has 1 aliphatic rings. The molecule has 5 nitrogen and oxygen atoms in total. The van der Waals surface area contributed by atoms with Gasteiger partial charge in [-0.2, -0.15) is 0 Å². The van der Waals surface area contributed by atoms with Gasteiger partial charge in [-0.15, -0.1) is 11.3 Å². The smallest absolute Gasteiger partial charge is 0.417 e. The Morgan fingerprint density at radius 3 is 2.70 bits per heavy atom. The first kappa shape index (κ1) is 20.8. The molecule has 0 radical (unpaired) electrons. The van der Waals surface area contributed by atoms with Gasteiger partial charge in [-0.3, -0.25) is 0 Å². The first-order chi connectivity index (χ1) is 14.6. The van der Waals surface area contributed by atoms with Gasteiger partial charge in [-0.05, 0) is 60.4 Å². The van der Waals surface area contributed by atoms with Crippen LogP contribution in [-0.4, -0.2) is 31.0 Å². The van der Waals surface area contributed by atoms with E-state index in [1.54, 1.807) is 0 Å². The minimum atomic E-state index is -0.968. The molecule has 158 valence electrons. The highest BCUT2D eigenvalue weighted by Gasteiger charge is 2.23. The van der Waals surface area contributed by atoms with E-state index in [4.69, 9.17) is 4.74 Å². The summed E-state index contributed by atoms with van der Waals surface area (Å²) in [5, 5.41) is 15.3. The summed E-state index contributed by atoms with van der Waals surface area (Å²) >= 11 is 1.50. The first-order valence-corrected chi connectivity index (χ1v) is 11.3. The van der Waals surface area contributed by atoms with Crippen LogP contribution in [0.5, 0.6) is 0 Å². The zero-order chi connectivity index (χ0) is 20.9. The van der Waals surface area contributed by atoms with Crippen molar-refractivity contribution < 1.29 is 14.6 Å². The van der Waals surface area contributed by atoms with Crippen LogP contribution in [0.25, 0.3) is 10.1 Å². The molecule has 3 aromatic rings. The van der Waals surface area contributed by atoms with Gasteiger partial charge in [0.05, 0.1) is 5.69 Å². The number of fused-ring (bicyclic) bond motifs is 1. The van der Waals surface area contributed by atoms with Crippen LogP contribution < -0.4 is 10.2 Å². The molecule has 0 aliphatic carbocycles. The number of para-hydroxylation sites is 1. The lowest BCUT2D eigenvalue weighted by molar-refractivity contribution is 0.0494. The highest BCUT2D eigenvalue weighted by molar-refractivity contribution is 7.23. The Labute approximate surface area is 181 Å². The lowest BCUT2D eigenvalue weighted by Crippen LogP contribution is -2.30. The van der Waals surface area contributed by atoms with E-state index >= 15 is 0 Å². The number of nitrogens with zero attached hydrogens (tertiary/aromatic N) is 1. The number of rotatable bonds is 7. The maximum atomic E-state index is 12.2. The Morgan fingerprint density at radius 2 is 1.93 bits per heavy atom. The number of thiophene rings is 1. The lowest BCUT2D eigenvalue weighted by atomic mass is 9.87. The molecular weight excluding hydrogens is 396 g/mol. The average Bonchev–Trinajstić information content (AvgIpc) is 3.18. The van der Waals surface area contributed by atoms with Gasteiger partial charge in [0.1, 0.15) is 5.00 Å². The van der Waals surface area contributed by atoms with E-state index in [1.165, 1.54) is 16.2 Å². The van der Waals surface area contributed by atoms with Gasteiger partial charge in [-0.25, -0.2) is 9.69 Å². The minimum absolute atomic E-state index is 0.569. The van der Waals surface area contributed by atoms with E-state index in [1.807, 2.05) is 54.6 Å². The molecule has 2 N–H and O–H groups in total. The topological polar surface area (TPSA) is 61.8 Å². The van der Waals surface area contributed by atoms with E-state index in [0.717, 1.165) is 48.2 Å². The largest absolute Gasteiger partial charge is 0.464 e. The van der Waals surface area contributed by atoms with Crippen molar-refractivity contribution in [1.29, 1.82) is 0 Å². The fourth-order valence-electron chi connectivity index (χ4n) is 4.16. The number of benzene rings is 2. The summed E-state index contributed by atoms with van der Waals surface area (Å²) in [6.07, 6.45) is 1.28. The lowest BCUT2D eigenvalue weighted by Gasteiger charge is -2.28. The zero-order valence-corrected chi connectivity index (χ0v) is 18.0. The second-order valence-electron chi connectivity index (χ2n) is 7.93. The van der Waals surface area contributed by atoms with Crippen molar-refractivity contribution in [3.05, 3.63) is 60.2 Å². The van der Waals surface area contributed by atoms with E-state index in [9.17, 15) is 9.90 Å². The summed E-state index contributed by atoms with van der Waals surface area (Å²) in [5.41, 5.74) is 1.69. The molecular formula is C24H28N2O3S. The molecule has 2 aromatic carbocycles. The Morgan fingerprint density at radius 1 is 1.20 bits per heavy atom. The molecule has 0 saturated carbocycles. The molecule has 1 unspecified atom stereocenters. The molecule has 0 bridgehead atoms. The summed E-state index contributed by atoms with van der Waals surface area (Å²) in [6, 6.07) is 17.7. The van der Waals surface area contributed by atoms with Crippen molar-refractivity contribution in [3.63, 3.8) is 0 Å². The quantitative estimate of drug-likeness (QED) is 0.498. The maximum Gasteiger partial charge on any atom is 0.417 e. The van der Waals surface area contributed by atoms with E-state index < -0.39 is 6.09 Å². The standard InChI is InChI=1S/C24H28N2O3S/c1-17(18-10-12-29-13-11-18)15-25-16-20-7-2-4-8-21(20)26(24(27)28)23-14-19-6-3-5-9-22(19)30-23/h2-9,14,17-18,25H,10-13,15-16H2,1H3,(H,27,28). The Kier molecular flexibility index (Phi) is 6.67. The highest BCUT2D eigenvalue weighted by Crippen LogP contribution is 2.37. The molecule has 2 heterocycles. The van der Waals surface area contributed by atoms with Crippen LogP contribution in [0.15, 0.2) is 54.6 Å². The second kappa shape index (κ2) is 9.60. The summed E-state index contributed by atoms with van der Waals surface area (Å²) in [4.78, 5) is 13.6. The number of hydrogen-bond acceptors (Lipinski definition) is 4. The summed E-state index contributed by atoms with van der Waals surface area (Å²) < 4.78 is 6.55. The highest BCUT2D eigenvalue weighted by atomic mass is 32.1. The Hall–Kier alpha value is -2.41. The number of nitrogens with one attached hydrogen (secondary N) is 1. The van der Waals surface area contributed by atoms with Crippen molar-refractivity contribution in [2.24, 2.45) is 11.8 Å². The number of ether oxygens (including phenoxy) is 1. The fourth-order valence-corrected chi connectivity index (χ4v) is 5.23. The van der Waals surface area contributed by atoms with Crippen LogP contribution in [0.3, 0.4) is 0 Å². The summed E-state index contributed by atoms with van der Waals surface area (Å²) in [7, 11) is 0. The monoisotopic (exact) mass is 424 g/mol. The van der Waals surface area contributed by atoms with E-state index in [-0.39, 0.29) is 0 Å². The third-order valence-corrected chi connectivity index (χ3v) is 7.01. The molecule has 0 spiro atoms. The number of anilines is 2. The van der Waals surface area contributed by atoms with Gasteiger partial charge >= 0.3 is 6.09 Å². The molecule has 1 aliphatic heterocycles. The molecule has 1 atom stereocenters. The van der Waals surface area contributed by atoms with Crippen LogP contribution in [0, 0.1) is 11.8 Å². The zero-order valence-electron chi connectivity index (χ0n) is 17.2.